The number of thiophene rings is 1. The Balaban J connectivity index is 1.52. The van der Waals surface area contributed by atoms with Gasteiger partial charge in [-0.1, -0.05) is 6.07 Å². The van der Waals surface area contributed by atoms with Crippen LogP contribution in [0.5, 0.6) is 0 Å². The molecule has 0 unspecified atom stereocenters. The van der Waals surface area contributed by atoms with E-state index in [0.29, 0.717) is 28.2 Å². The molecule has 0 radical (unpaired) electrons. The van der Waals surface area contributed by atoms with E-state index in [9.17, 15) is 0 Å². The average Bonchev–Trinajstić information content (AvgIpc) is 3.57. The molecule has 0 amide bonds. The zero-order valence-electron chi connectivity index (χ0n) is 17.8. The zero-order valence-corrected chi connectivity index (χ0v) is 18.6. The molecular weight excluding hydrogens is 437 g/mol. The lowest BCUT2D eigenvalue weighted by molar-refractivity contribution is 0.632. The summed E-state index contributed by atoms with van der Waals surface area (Å²) in [4.78, 5) is 20.0. The topological polar surface area (TPSA) is 86.4 Å². The molecule has 0 fully saturated rings. The highest BCUT2D eigenvalue weighted by atomic mass is 32.1. The number of hydrogen-bond acceptors (Lipinski definition) is 6. The maximum atomic E-state index is 15.0. The molecule has 5 aromatic heterocycles. The van der Waals surface area contributed by atoms with E-state index in [2.05, 4.69) is 25.1 Å². The molecule has 33 heavy (non-hydrogen) atoms. The summed E-state index contributed by atoms with van der Waals surface area (Å²) in [7, 11) is 3.85. The van der Waals surface area contributed by atoms with Crippen LogP contribution in [0.3, 0.4) is 0 Å². The number of pyridine rings is 2. The smallest absolute Gasteiger partial charge is 0.159 e. The van der Waals surface area contributed by atoms with E-state index >= 15 is 4.39 Å². The molecule has 5 heterocycles. The van der Waals surface area contributed by atoms with Gasteiger partial charge in [0.2, 0.25) is 0 Å². The van der Waals surface area contributed by atoms with Crippen LogP contribution in [0.25, 0.3) is 55.2 Å². The quantitative estimate of drug-likeness (QED) is 0.367. The van der Waals surface area contributed by atoms with Crippen LogP contribution < -0.4 is 4.90 Å². The van der Waals surface area contributed by atoms with Crippen molar-refractivity contribution in [3.63, 3.8) is 0 Å². The van der Waals surface area contributed by atoms with E-state index in [-0.39, 0.29) is 5.82 Å². The van der Waals surface area contributed by atoms with Crippen molar-refractivity contribution in [3.8, 4) is 33.2 Å². The monoisotopic (exact) mass is 455 g/mol. The zero-order chi connectivity index (χ0) is 22.5. The Morgan fingerprint density at radius 1 is 1.03 bits per heavy atom. The lowest BCUT2D eigenvalue weighted by atomic mass is 10.0. The van der Waals surface area contributed by atoms with E-state index in [1.54, 1.807) is 36.0 Å². The fraction of sp³-hybridized carbons (Fsp3) is 0.0833. The predicted molar refractivity (Wildman–Crippen MR) is 130 cm³/mol. The SMILES string of the molecule is CN(C)c1cncc(-c2cc3c(-c4nc5c(-c6cccs6)nccc5[nH]4)n[nH]c3cc2F)c1. The fourth-order valence-electron chi connectivity index (χ4n) is 3.90. The molecule has 6 rings (SSSR count). The third-order valence-electron chi connectivity index (χ3n) is 5.58. The van der Waals surface area contributed by atoms with Crippen LogP contribution in [0.4, 0.5) is 10.1 Å². The Morgan fingerprint density at radius 2 is 1.94 bits per heavy atom. The lowest BCUT2D eigenvalue weighted by Gasteiger charge is -2.13. The van der Waals surface area contributed by atoms with E-state index < -0.39 is 0 Å². The van der Waals surface area contributed by atoms with Crippen LogP contribution >= 0.6 is 11.3 Å². The number of aromatic nitrogens is 6. The van der Waals surface area contributed by atoms with Crippen LogP contribution in [0.2, 0.25) is 0 Å². The van der Waals surface area contributed by atoms with E-state index in [4.69, 9.17) is 4.98 Å². The number of nitrogens with one attached hydrogen (secondary N) is 2. The van der Waals surface area contributed by atoms with E-state index in [0.717, 1.165) is 32.7 Å². The average molecular weight is 456 g/mol. The van der Waals surface area contributed by atoms with Gasteiger partial charge in [0.25, 0.3) is 0 Å². The Labute approximate surface area is 192 Å². The molecular formula is C24H18FN7S. The predicted octanol–water partition coefficient (Wildman–Crippen LogP) is 5.50. The molecule has 0 saturated carbocycles. The van der Waals surface area contributed by atoms with Gasteiger partial charge in [0.1, 0.15) is 22.7 Å². The molecule has 0 aliphatic rings. The van der Waals surface area contributed by atoms with Gasteiger partial charge in [-0.2, -0.15) is 5.10 Å². The molecule has 7 nitrogen and oxygen atoms in total. The van der Waals surface area contributed by atoms with Gasteiger partial charge in [-0.05, 0) is 29.6 Å². The summed E-state index contributed by atoms with van der Waals surface area (Å²) in [6, 6.07) is 11.1. The highest BCUT2D eigenvalue weighted by Crippen LogP contribution is 2.35. The van der Waals surface area contributed by atoms with Gasteiger partial charge in [-0.15, -0.1) is 11.3 Å². The molecule has 0 saturated heterocycles. The Bertz CT molecular complexity index is 1620. The number of imidazole rings is 1. The van der Waals surface area contributed by atoms with Crippen molar-refractivity contribution >= 4 is 39.0 Å². The number of hydrogen-bond donors (Lipinski definition) is 2. The minimum atomic E-state index is -0.343. The molecule has 0 aliphatic carbocycles. The third kappa shape index (κ3) is 3.25. The highest BCUT2D eigenvalue weighted by molar-refractivity contribution is 7.13. The summed E-state index contributed by atoms with van der Waals surface area (Å²) in [5.74, 6) is 0.254. The number of H-pyrrole nitrogens is 2. The van der Waals surface area contributed by atoms with Crippen molar-refractivity contribution in [2.24, 2.45) is 0 Å². The molecule has 1 aromatic carbocycles. The number of anilines is 1. The number of fused-ring (bicyclic) bond motifs is 2. The minimum absolute atomic E-state index is 0.343. The maximum absolute atomic E-state index is 15.0. The first-order chi connectivity index (χ1) is 16.1. The second-order valence-electron chi connectivity index (χ2n) is 7.89. The number of halogens is 1. The molecule has 2 N–H and O–H groups in total. The van der Waals surface area contributed by atoms with Crippen LogP contribution in [0.1, 0.15) is 0 Å². The number of aromatic amines is 2. The van der Waals surface area contributed by atoms with Crippen LogP contribution in [-0.4, -0.2) is 44.2 Å². The van der Waals surface area contributed by atoms with Gasteiger partial charge in [0, 0.05) is 49.1 Å². The van der Waals surface area contributed by atoms with Crippen LogP contribution in [-0.2, 0) is 0 Å². The first-order valence-electron chi connectivity index (χ1n) is 10.3. The van der Waals surface area contributed by atoms with Crippen molar-refractivity contribution in [1.82, 2.24) is 30.1 Å². The third-order valence-corrected chi connectivity index (χ3v) is 6.46. The van der Waals surface area contributed by atoms with E-state index in [1.165, 1.54) is 6.07 Å². The van der Waals surface area contributed by atoms with Crippen molar-refractivity contribution in [1.29, 1.82) is 0 Å². The summed E-state index contributed by atoms with van der Waals surface area (Å²) in [6.07, 6.45) is 5.17. The van der Waals surface area contributed by atoms with Crippen LogP contribution in [0.15, 0.2) is 60.4 Å². The molecule has 0 atom stereocenters. The summed E-state index contributed by atoms with van der Waals surface area (Å²) in [5, 5.41) is 10.2. The first-order valence-corrected chi connectivity index (χ1v) is 11.2. The largest absolute Gasteiger partial charge is 0.376 e. The number of rotatable bonds is 4. The van der Waals surface area contributed by atoms with Gasteiger partial charge >= 0.3 is 0 Å². The van der Waals surface area contributed by atoms with Gasteiger partial charge in [-0.25, -0.2) is 9.37 Å². The second kappa shape index (κ2) is 7.49. The van der Waals surface area contributed by atoms with Crippen molar-refractivity contribution < 1.29 is 4.39 Å². The highest BCUT2D eigenvalue weighted by Gasteiger charge is 2.18. The fourth-order valence-corrected chi connectivity index (χ4v) is 4.62. The molecule has 6 aromatic rings. The van der Waals surface area contributed by atoms with Gasteiger partial charge in [0.05, 0.1) is 27.8 Å². The number of benzene rings is 1. The van der Waals surface area contributed by atoms with Crippen molar-refractivity contribution in [2.75, 3.05) is 19.0 Å². The molecule has 0 spiro atoms. The Hall–Kier alpha value is -4.11. The minimum Gasteiger partial charge on any atom is -0.376 e. The first kappa shape index (κ1) is 19.6. The Kier molecular flexibility index (Phi) is 4.44. The van der Waals surface area contributed by atoms with Crippen LogP contribution in [0, 0.1) is 5.82 Å². The molecule has 162 valence electrons. The molecule has 9 heteroatoms. The van der Waals surface area contributed by atoms with Crippen molar-refractivity contribution in [2.45, 2.75) is 0 Å². The van der Waals surface area contributed by atoms with Crippen molar-refractivity contribution in [3.05, 3.63) is 66.2 Å². The van der Waals surface area contributed by atoms with Gasteiger partial charge < -0.3 is 9.88 Å². The van der Waals surface area contributed by atoms with E-state index in [1.807, 2.05) is 48.6 Å². The van der Waals surface area contributed by atoms with Gasteiger partial charge in [0.15, 0.2) is 5.82 Å². The second-order valence-corrected chi connectivity index (χ2v) is 8.84. The molecule has 0 aliphatic heterocycles. The van der Waals surface area contributed by atoms with Gasteiger partial charge in [-0.3, -0.25) is 15.1 Å². The standard InChI is InChI=1S/C24H18FN7S/c1-32(2)14-8-13(11-26-12-14)15-9-16-19(10-17(15)25)30-31-21(16)24-28-18-5-6-27-23(22(18)29-24)20-4-3-7-33-20/h3-12H,1-2H3,(H,28,29)(H,30,31). The Morgan fingerprint density at radius 3 is 2.76 bits per heavy atom. The summed E-state index contributed by atoms with van der Waals surface area (Å²) >= 11 is 1.62. The lowest BCUT2D eigenvalue weighted by Crippen LogP contribution is -2.08. The summed E-state index contributed by atoms with van der Waals surface area (Å²) in [6.45, 7) is 0. The normalized spacial score (nSPS) is 11.5. The maximum Gasteiger partial charge on any atom is 0.159 e. The number of nitrogens with zero attached hydrogens (tertiary/aromatic N) is 5. The summed E-state index contributed by atoms with van der Waals surface area (Å²) in [5.41, 5.74) is 5.73. The molecule has 0 bridgehead atoms. The summed E-state index contributed by atoms with van der Waals surface area (Å²) < 4.78 is 15.0.